The van der Waals surface area contributed by atoms with E-state index in [0.717, 1.165) is 6.42 Å². The second-order valence-electron chi connectivity index (χ2n) is 2.20. The molecule has 0 aliphatic carbocycles. The van der Waals surface area contributed by atoms with E-state index in [9.17, 15) is 4.79 Å². The van der Waals surface area contributed by atoms with Crippen LogP contribution in [0.1, 0.15) is 26.2 Å². The molecule has 1 saturated heterocycles. The molecular formula is C6H11Cl2NNiO. The average molecular weight is 243 g/mol. The molecule has 1 atom stereocenters. The van der Waals surface area contributed by atoms with Gasteiger partial charge in [0.1, 0.15) is 6.04 Å². The third-order valence-electron chi connectivity index (χ3n) is 1.40. The molecule has 0 radical (unpaired) electrons. The molecule has 1 fully saturated rings. The molecule has 0 aromatic carbocycles. The van der Waals surface area contributed by atoms with Crippen molar-refractivity contribution in [2.75, 3.05) is 0 Å². The number of rotatable bonds is 3. The molecule has 0 spiro atoms. The summed E-state index contributed by atoms with van der Waals surface area (Å²) in [5.41, 5.74) is 0. The summed E-state index contributed by atoms with van der Waals surface area (Å²) in [6.07, 6.45) is 3.39. The smallest absolute Gasteiger partial charge is 1.00 e. The number of hydrogen-bond acceptors (Lipinski definition) is 1. The zero-order valence-electron chi connectivity index (χ0n) is 6.18. The number of halogens is 2. The molecular weight excluding hydrogens is 232 g/mol. The number of nitrogens with one attached hydrogen (secondary N) is 1. The summed E-state index contributed by atoms with van der Waals surface area (Å²) in [6, 6.07) is 0.231. The fourth-order valence-electron chi connectivity index (χ4n) is 0.742. The number of amides is 1. The monoisotopic (exact) mass is 241 g/mol. The standard InChI is InChI=1S/C6H11NO.2ClH.Ni/c1-2-3-4-5-6(8)7-5;;;/h5H,2-4H2,1H3,(H,7,8);2*1H;/q;;;+2/p-2. The van der Waals surface area contributed by atoms with Crippen LogP contribution >= 0.6 is 0 Å². The normalized spacial score (nSPS) is 18.3. The van der Waals surface area contributed by atoms with Crippen LogP contribution in [0.2, 0.25) is 0 Å². The number of carbonyl (C=O) groups excluding carboxylic acids is 1. The van der Waals surface area contributed by atoms with E-state index in [1.54, 1.807) is 0 Å². The van der Waals surface area contributed by atoms with E-state index in [1.807, 2.05) is 0 Å². The first-order valence-corrected chi connectivity index (χ1v) is 3.15. The van der Waals surface area contributed by atoms with Gasteiger partial charge < -0.3 is 30.1 Å². The second-order valence-corrected chi connectivity index (χ2v) is 2.20. The number of unbranched alkanes of at least 4 members (excludes halogenated alkanes) is 1. The first-order valence-electron chi connectivity index (χ1n) is 3.15. The summed E-state index contributed by atoms with van der Waals surface area (Å²) in [4.78, 5) is 10.3. The third kappa shape index (κ3) is 6.92. The Kier molecular flexibility index (Phi) is 13.8. The molecule has 1 unspecified atom stereocenters. The maximum atomic E-state index is 10.3. The maximum absolute atomic E-state index is 10.3. The first-order chi connectivity index (χ1) is 3.84. The van der Waals surface area contributed by atoms with Crippen LogP contribution in [0.5, 0.6) is 0 Å². The van der Waals surface area contributed by atoms with Crippen LogP contribution in [0.4, 0.5) is 0 Å². The van der Waals surface area contributed by atoms with Gasteiger partial charge >= 0.3 is 16.5 Å². The predicted molar refractivity (Wildman–Crippen MR) is 31.5 cm³/mol. The van der Waals surface area contributed by atoms with Crippen molar-refractivity contribution >= 4 is 5.91 Å². The average Bonchev–Trinajstić information content (AvgIpc) is 2.42. The minimum absolute atomic E-state index is 0. The van der Waals surface area contributed by atoms with Crippen LogP contribution < -0.4 is 30.1 Å². The summed E-state index contributed by atoms with van der Waals surface area (Å²) in [6.45, 7) is 2.13. The Bertz CT molecular complexity index is 113. The molecule has 0 aromatic rings. The van der Waals surface area contributed by atoms with Crippen LogP contribution in [0.15, 0.2) is 0 Å². The summed E-state index contributed by atoms with van der Waals surface area (Å²) >= 11 is 0. The summed E-state index contributed by atoms with van der Waals surface area (Å²) < 4.78 is 0. The molecule has 5 heteroatoms. The molecule has 1 heterocycles. The maximum Gasteiger partial charge on any atom is 2.00 e. The Morgan fingerprint density at radius 3 is 2.18 bits per heavy atom. The van der Waals surface area contributed by atoms with Gasteiger partial charge in [-0.3, -0.25) is 4.79 Å². The molecule has 2 nitrogen and oxygen atoms in total. The van der Waals surface area contributed by atoms with Gasteiger partial charge in [-0.1, -0.05) is 19.8 Å². The van der Waals surface area contributed by atoms with E-state index in [4.69, 9.17) is 0 Å². The Balaban J connectivity index is -0.000000213. The van der Waals surface area contributed by atoms with Gasteiger partial charge in [0.25, 0.3) is 0 Å². The van der Waals surface area contributed by atoms with Gasteiger partial charge in [0.2, 0.25) is 5.91 Å². The molecule has 1 rings (SSSR count). The minimum Gasteiger partial charge on any atom is -1.00 e. The minimum atomic E-state index is 0. The van der Waals surface area contributed by atoms with E-state index in [-0.39, 0.29) is 53.3 Å². The summed E-state index contributed by atoms with van der Waals surface area (Å²) in [5.74, 6) is 0.235. The van der Waals surface area contributed by atoms with Crippen molar-refractivity contribution in [2.24, 2.45) is 0 Å². The largest absolute Gasteiger partial charge is 2.00 e. The fraction of sp³-hybridized carbons (Fsp3) is 0.833. The SMILES string of the molecule is CCCCC1NC1=O.[Cl-].[Cl-].[Ni+2]. The van der Waals surface area contributed by atoms with Crippen molar-refractivity contribution in [3.8, 4) is 0 Å². The van der Waals surface area contributed by atoms with Crippen molar-refractivity contribution in [2.45, 2.75) is 32.2 Å². The van der Waals surface area contributed by atoms with Crippen LogP contribution in [-0.4, -0.2) is 11.9 Å². The summed E-state index contributed by atoms with van der Waals surface area (Å²) in [7, 11) is 0. The quantitative estimate of drug-likeness (QED) is 0.390. The van der Waals surface area contributed by atoms with Crippen LogP contribution in [0.3, 0.4) is 0 Å². The van der Waals surface area contributed by atoms with E-state index in [1.165, 1.54) is 12.8 Å². The Morgan fingerprint density at radius 2 is 1.91 bits per heavy atom. The van der Waals surface area contributed by atoms with Gasteiger partial charge in [-0.2, -0.15) is 0 Å². The van der Waals surface area contributed by atoms with E-state index in [0.29, 0.717) is 0 Å². The van der Waals surface area contributed by atoms with E-state index < -0.39 is 0 Å². The second kappa shape index (κ2) is 8.64. The fourth-order valence-corrected chi connectivity index (χ4v) is 0.742. The Morgan fingerprint density at radius 1 is 1.45 bits per heavy atom. The predicted octanol–water partition coefficient (Wildman–Crippen LogP) is -5.32. The molecule has 1 N–H and O–H groups in total. The molecule has 1 aliphatic rings. The summed E-state index contributed by atoms with van der Waals surface area (Å²) in [5, 5.41) is 2.73. The zero-order chi connectivity index (χ0) is 5.98. The Hall–Kier alpha value is 0.544. The molecule has 1 aliphatic heterocycles. The van der Waals surface area contributed by atoms with Crippen molar-refractivity contribution in [3.63, 3.8) is 0 Å². The number of carbonyl (C=O) groups is 1. The van der Waals surface area contributed by atoms with Crippen molar-refractivity contribution in [1.82, 2.24) is 5.32 Å². The van der Waals surface area contributed by atoms with Gasteiger partial charge in [0.15, 0.2) is 0 Å². The zero-order valence-corrected chi connectivity index (χ0v) is 8.68. The molecule has 0 aromatic heterocycles. The number of hydrogen-bond donors (Lipinski definition) is 1. The molecule has 11 heavy (non-hydrogen) atoms. The van der Waals surface area contributed by atoms with Crippen LogP contribution in [0, 0.1) is 0 Å². The first kappa shape index (κ1) is 17.6. The molecule has 0 bridgehead atoms. The van der Waals surface area contributed by atoms with Crippen molar-refractivity contribution < 1.29 is 46.1 Å². The van der Waals surface area contributed by atoms with Gasteiger partial charge in [-0.25, -0.2) is 0 Å². The van der Waals surface area contributed by atoms with E-state index >= 15 is 0 Å². The van der Waals surface area contributed by atoms with Crippen LogP contribution in [-0.2, 0) is 21.3 Å². The Labute approximate surface area is 89.6 Å². The van der Waals surface area contributed by atoms with Crippen molar-refractivity contribution in [1.29, 1.82) is 0 Å². The van der Waals surface area contributed by atoms with Gasteiger partial charge in [-0.05, 0) is 6.42 Å². The van der Waals surface area contributed by atoms with Gasteiger partial charge in [-0.15, -0.1) is 0 Å². The topological polar surface area (TPSA) is 39.0 Å². The van der Waals surface area contributed by atoms with Crippen LogP contribution in [0.25, 0.3) is 0 Å². The molecule has 70 valence electrons. The van der Waals surface area contributed by atoms with Crippen molar-refractivity contribution in [3.05, 3.63) is 0 Å². The molecule has 1 amide bonds. The molecule has 0 saturated carbocycles. The van der Waals surface area contributed by atoms with Gasteiger partial charge in [0.05, 0.1) is 0 Å². The van der Waals surface area contributed by atoms with Gasteiger partial charge in [0, 0.05) is 0 Å². The third-order valence-corrected chi connectivity index (χ3v) is 1.40. The van der Waals surface area contributed by atoms with E-state index in [2.05, 4.69) is 12.2 Å².